The predicted molar refractivity (Wildman–Crippen MR) is 118 cm³/mol. The number of piperidine rings is 1. The van der Waals surface area contributed by atoms with Crippen molar-refractivity contribution in [3.63, 3.8) is 0 Å². The van der Waals surface area contributed by atoms with Gasteiger partial charge in [0.1, 0.15) is 5.75 Å². The van der Waals surface area contributed by atoms with E-state index in [-0.39, 0.29) is 23.6 Å². The van der Waals surface area contributed by atoms with Gasteiger partial charge in [-0.05, 0) is 56.0 Å². The van der Waals surface area contributed by atoms with Crippen molar-refractivity contribution >= 4 is 5.91 Å². The minimum atomic E-state index is -0.788. The van der Waals surface area contributed by atoms with E-state index in [4.69, 9.17) is 9.47 Å². The molecular weight excluding hydrogens is 394 g/mol. The summed E-state index contributed by atoms with van der Waals surface area (Å²) in [6.07, 6.45) is 4.19. The molecule has 2 aliphatic rings. The first-order valence-electron chi connectivity index (χ1n) is 11.1. The summed E-state index contributed by atoms with van der Waals surface area (Å²) < 4.78 is 11.1. The van der Waals surface area contributed by atoms with Crippen LogP contribution in [0.1, 0.15) is 61.0 Å². The van der Waals surface area contributed by atoms with E-state index in [1.54, 1.807) is 25.3 Å². The van der Waals surface area contributed by atoms with Gasteiger partial charge < -0.3 is 24.6 Å². The Bertz CT molecular complexity index is 945. The van der Waals surface area contributed by atoms with Crippen LogP contribution in [0.5, 0.6) is 17.2 Å². The van der Waals surface area contributed by atoms with Gasteiger partial charge in [0.15, 0.2) is 11.5 Å². The molecule has 1 heterocycles. The van der Waals surface area contributed by atoms with Gasteiger partial charge >= 0.3 is 0 Å². The number of aliphatic hydroxyl groups is 1. The van der Waals surface area contributed by atoms with Crippen LogP contribution in [0, 0.1) is 5.92 Å². The van der Waals surface area contributed by atoms with Crippen LogP contribution in [-0.4, -0.2) is 46.9 Å². The van der Waals surface area contributed by atoms with Crippen LogP contribution in [0.2, 0.25) is 0 Å². The number of fused-ring (bicyclic) bond motifs is 1. The van der Waals surface area contributed by atoms with Crippen LogP contribution in [0.4, 0.5) is 0 Å². The number of aromatic hydroxyl groups is 1. The van der Waals surface area contributed by atoms with E-state index in [0.717, 1.165) is 31.2 Å². The zero-order valence-electron chi connectivity index (χ0n) is 18.2. The summed E-state index contributed by atoms with van der Waals surface area (Å²) in [4.78, 5) is 15.6. The number of methoxy groups -OCH3 is 1. The SMILES string of the molecule is CCOc1cc(C2C3CCCCC3(O)CCN2C(=O)c2ccccc2OC)ccc1O. The zero-order chi connectivity index (χ0) is 22.0. The van der Waals surface area contributed by atoms with Crippen molar-refractivity contribution in [3.8, 4) is 17.2 Å². The largest absolute Gasteiger partial charge is 0.504 e. The van der Waals surface area contributed by atoms with Crippen molar-refractivity contribution in [1.29, 1.82) is 0 Å². The maximum absolute atomic E-state index is 13.7. The second-order valence-electron chi connectivity index (χ2n) is 8.51. The molecule has 2 aromatic carbocycles. The lowest BCUT2D eigenvalue weighted by molar-refractivity contribution is -0.115. The summed E-state index contributed by atoms with van der Waals surface area (Å²) in [7, 11) is 1.56. The van der Waals surface area contributed by atoms with Gasteiger partial charge in [-0.2, -0.15) is 0 Å². The van der Waals surface area contributed by atoms with Crippen molar-refractivity contribution in [2.75, 3.05) is 20.3 Å². The summed E-state index contributed by atoms with van der Waals surface area (Å²) in [6.45, 7) is 2.75. The van der Waals surface area contributed by atoms with Crippen LogP contribution in [-0.2, 0) is 0 Å². The molecule has 1 saturated heterocycles. The quantitative estimate of drug-likeness (QED) is 0.746. The Balaban J connectivity index is 1.79. The Morgan fingerprint density at radius 3 is 2.74 bits per heavy atom. The van der Waals surface area contributed by atoms with Crippen LogP contribution >= 0.6 is 0 Å². The number of benzene rings is 2. The monoisotopic (exact) mass is 425 g/mol. The van der Waals surface area contributed by atoms with Crippen LogP contribution in [0.15, 0.2) is 42.5 Å². The summed E-state index contributed by atoms with van der Waals surface area (Å²) in [6, 6.07) is 12.2. The highest BCUT2D eigenvalue weighted by Crippen LogP contribution is 2.50. The van der Waals surface area contributed by atoms with E-state index in [9.17, 15) is 15.0 Å². The number of hydrogen-bond acceptors (Lipinski definition) is 5. The fourth-order valence-electron chi connectivity index (χ4n) is 5.28. The molecule has 4 rings (SSSR count). The molecule has 31 heavy (non-hydrogen) atoms. The summed E-state index contributed by atoms with van der Waals surface area (Å²) in [5, 5.41) is 21.7. The summed E-state index contributed by atoms with van der Waals surface area (Å²) in [5.74, 6) is 0.822. The van der Waals surface area contributed by atoms with Gasteiger partial charge in [0.05, 0.1) is 30.9 Å². The number of rotatable bonds is 5. The number of carbonyl (C=O) groups is 1. The number of phenolic OH excluding ortho intramolecular Hbond substituents is 1. The third-order valence-corrected chi connectivity index (χ3v) is 6.79. The number of likely N-dealkylation sites (tertiary alicyclic amines) is 1. The Kier molecular flexibility index (Phi) is 6.10. The molecule has 166 valence electrons. The molecular formula is C25H31NO5. The van der Waals surface area contributed by atoms with E-state index in [2.05, 4.69) is 0 Å². The molecule has 0 aromatic heterocycles. The Morgan fingerprint density at radius 2 is 1.97 bits per heavy atom. The van der Waals surface area contributed by atoms with E-state index in [1.807, 2.05) is 36.1 Å². The molecule has 6 heteroatoms. The fourth-order valence-corrected chi connectivity index (χ4v) is 5.28. The third-order valence-electron chi connectivity index (χ3n) is 6.79. The number of hydrogen-bond donors (Lipinski definition) is 2. The minimum absolute atomic E-state index is 0.0721. The number of ether oxygens (including phenoxy) is 2. The molecule has 0 bridgehead atoms. The highest BCUT2D eigenvalue weighted by Gasteiger charge is 2.50. The Labute approximate surface area is 183 Å². The number of carbonyl (C=O) groups excluding carboxylic acids is 1. The van der Waals surface area contributed by atoms with Crippen molar-refractivity contribution in [1.82, 2.24) is 4.90 Å². The van der Waals surface area contributed by atoms with E-state index in [1.165, 1.54) is 0 Å². The number of amides is 1. The molecule has 1 aliphatic heterocycles. The van der Waals surface area contributed by atoms with Gasteiger partial charge in [-0.3, -0.25) is 4.79 Å². The predicted octanol–water partition coefficient (Wildman–Crippen LogP) is 4.31. The standard InChI is InChI=1S/C25H31NO5/c1-3-31-22-16-17(11-12-20(22)27)23-19-9-6-7-13-25(19,29)14-15-26(23)24(28)18-8-4-5-10-21(18)30-2/h4-5,8,10-12,16,19,23,27,29H,3,6-7,9,13-15H2,1-2H3. The van der Waals surface area contributed by atoms with Gasteiger partial charge in [-0.25, -0.2) is 0 Å². The number of phenols is 1. The molecule has 0 radical (unpaired) electrons. The van der Waals surface area contributed by atoms with Gasteiger partial charge in [-0.1, -0.05) is 31.0 Å². The number of nitrogens with zero attached hydrogens (tertiary/aromatic N) is 1. The van der Waals surface area contributed by atoms with Crippen molar-refractivity contribution in [2.24, 2.45) is 5.92 Å². The van der Waals surface area contributed by atoms with E-state index in [0.29, 0.717) is 36.6 Å². The highest BCUT2D eigenvalue weighted by atomic mass is 16.5. The smallest absolute Gasteiger partial charge is 0.258 e. The molecule has 2 aromatic rings. The van der Waals surface area contributed by atoms with Gasteiger partial charge in [0.2, 0.25) is 0 Å². The van der Waals surface area contributed by atoms with Gasteiger partial charge in [0.25, 0.3) is 5.91 Å². The lowest BCUT2D eigenvalue weighted by Gasteiger charge is -2.52. The average molecular weight is 426 g/mol. The second-order valence-corrected chi connectivity index (χ2v) is 8.51. The minimum Gasteiger partial charge on any atom is -0.504 e. The molecule has 0 spiro atoms. The Morgan fingerprint density at radius 1 is 1.16 bits per heavy atom. The van der Waals surface area contributed by atoms with E-state index < -0.39 is 5.60 Å². The summed E-state index contributed by atoms with van der Waals surface area (Å²) >= 11 is 0. The van der Waals surface area contributed by atoms with Crippen molar-refractivity contribution in [3.05, 3.63) is 53.6 Å². The molecule has 1 amide bonds. The molecule has 1 aliphatic carbocycles. The molecule has 2 N–H and O–H groups in total. The first-order valence-corrected chi connectivity index (χ1v) is 11.1. The maximum atomic E-state index is 13.7. The average Bonchev–Trinajstić information content (AvgIpc) is 2.79. The lowest BCUT2D eigenvalue weighted by atomic mass is 9.66. The first-order chi connectivity index (χ1) is 15.0. The molecule has 3 atom stereocenters. The fraction of sp³-hybridized carbons (Fsp3) is 0.480. The van der Waals surface area contributed by atoms with Gasteiger partial charge in [-0.15, -0.1) is 0 Å². The van der Waals surface area contributed by atoms with Crippen LogP contribution < -0.4 is 9.47 Å². The van der Waals surface area contributed by atoms with Crippen molar-refractivity contribution in [2.45, 2.75) is 50.7 Å². The van der Waals surface area contributed by atoms with Crippen LogP contribution in [0.3, 0.4) is 0 Å². The summed E-state index contributed by atoms with van der Waals surface area (Å²) in [5.41, 5.74) is 0.596. The number of para-hydroxylation sites is 1. The highest BCUT2D eigenvalue weighted by molar-refractivity contribution is 5.97. The zero-order valence-corrected chi connectivity index (χ0v) is 18.2. The third kappa shape index (κ3) is 3.97. The lowest BCUT2D eigenvalue weighted by Crippen LogP contribution is -2.56. The van der Waals surface area contributed by atoms with Crippen molar-refractivity contribution < 1.29 is 24.5 Å². The first kappa shape index (κ1) is 21.5. The topological polar surface area (TPSA) is 79.2 Å². The maximum Gasteiger partial charge on any atom is 0.258 e. The normalized spacial score (nSPS) is 25.6. The molecule has 3 unspecified atom stereocenters. The second kappa shape index (κ2) is 8.79. The van der Waals surface area contributed by atoms with Gasteiger partial charge in [0, 0.05) is 12.5 Å². The molecule has 6 nitrogen and oxygen atoms in total. The van der Waals surface area contributed by atoms with E-state index >= 15 is 0 Å². The Hall–Kier alpha value is -2.73. The molecule has 2 fully saturated rings. The van der Waals surface area contributed by atoms with Crippen LogP contribution in [0.25, 0.3) is 0 Å². The molecule has 1 saturated carbocycles.